The predicted octanol–water partition coefficient (Wildman–Crippen LogP) is 0.588. The molecule has 1 amide bonds. The van der Waals surface area contributed by atoms with Crippen molar-refractivity contribution in [3.8, 4) is 0 Å². The van der Waals surface area contributed by atoms with Gasteiger partial charge in [-0.15, -0.1) is 0 Å². The van der Waals surface area contributed by atoms with Crippen LogP contribution in [0.4, 0.5) is 4.79 Å². The van der Waals surface area contributed by atoms with Crippen LogP contribution in [-0.2, 0) is 4.74 Å². The highest BCUT2D eigenvalue weighted by Gasteiger charge is 2.17. The average molecular weight is 174 g/mol. The van der Waals surface area contributed by atoms with Gasteiger partial charge < -0.3 is 15.4 Å². The Kier molecular flexibility index (Phi) is 4.66. The molecule has 0 bridgehead atoms. The monoisotopic (exact) mass is 174 g/mol. The summed E-state index contributed by atoms with van der Waals surface area (Å²) in [6.45, 7) is 5.61. The van der Waals surface area contributed by atoms with Crippen LogP contribution in [-0.4, -0.2) is 33.3 Å². The van der Waals surface area contributed by atoms with E-state index in [0.29, 0.717) is 6.54 Å². The summed E-state index contributed by atoms with van der Waals surface area (Å²) in [7, 11) is 3.25. The van der Waals surface area contributed by atoms with E-state index < -0.39 is 0 Å². The van der Waals surface area contributed by atoms with Crippen molar-refractivity contribution < 1.29 is 9.53 Å². The Morgan fingerprint density at radius 2 is 2.00 bits per heavy atom. The molecular weight excluding hydrogens is 156 g/mol. The van der Waals surface area contributed by atoms with E-state index in [9.17, 15) is 4.79 Å². The van der Waals surface area contributed by atoms with Crippen LogP contribution in [0.1, 0.15) is 13.8 Å². The van der Waals surface area contributed by atoms with Gasteiger partial charge in [-0.1, -0.05) is 13.8 Å². The van der Waals surface area contributed by atoms with E-state index >= 15 is 0 Å². The first kappa shape index (κ1) is 11.2. The highest BCUT2D eigenvalue weighted by Crippen LogP contribution is 2.10. The van der Waals surface area contributed by atoms with Crippen molar-refractivity contribution in [1.29, 1.82) is 0 Å². The molecule has 0 saturated carbocycles. The van der Waals surface area contributed by atoms with E-state index in [1.54, 1.807) is 0 Å². The van der Waals surface area contributed by atoms with Gasteiger partial charge in [-0.2, -0.15) is 0 Å². The number of amides is 1. The van der Waals surface area contributed by atoms with Gasteiger partial charge in [-0.05, 0) is 12.5 Å². The van der Waals surface area contributed by atoms with E-state index in [4.69, 9.17) is 0 Å². The van der Waals surface area contributed by atoms with Gasteiger partial charge in [0.1, 0.15) is 0 Å². The third kappa shape index (κ3) is 4.96. The molecule has 0 heterocycles. The van der Waals surface area contributed by atoms with E-state index in [2.05, 4.69) is 29.2 Å². The van der Waals surface area contributed by atoms with Crippen LogP contribution in [0.3, 0.4) is 0 Å². The second kappa shape index (κ2) is 4.98. The number of nitrogens with one attached hydrogen (secondary N) is 2. The molecule has 0 saturated heterocycles. The SMILES string of the molecule is CNCC(C)(C)CNC(=O)OC. The molecule has 0 spiro atoms. The number of rotatable bonds is 4. The zero-order chi connectivity index (χ0) is 9.61. The highest BCUT2D eigenvalue weighted by molar-refractivity contribution is 5.66. The average Bonchev–Trinajstić information content (AvgIpc) is 2.00. The largest absolute Gasteiger partial charge is 0.453 e. The third-order valence-electron chi connectivity index (χ3n) is 1.55. The molecule has 12 heavy (non-hydrogen) atoms. The van der Waals surface area contributed by atoms with Crippen LogP contribution in [0.15, 0.2) is 0 Å². The summed E-state index contributed by atoms with van der Waals surface area (Å²) in [6.07, 6.45) is -0.376. The molecule has 0 aromatic carbocycles. The lowest BCUT2D eigenvalue weighted by Gasteiger charge is -2.23. The zero-order valence-electron chi connectivity index (χ0n) is 8.23. The minimum Gasteiger partial charge on any atom is -0.453 e. The van der Waals surface area contributed by atoms with Crippen LogP contribution in [0, 0.1) is 5.41 Å². The van der Waals surface area contributed by atoms with Gasteiger partial charge in [-0.3, -0.25) is 0 Å². The Morgan fingerprint density at radius 1 is 1.42 bits per heavy atom. The molecule has 0 aliphatic heterocycles. The van der Waals surface area contributed by atoms with Crippen LogP contribution in [0.25, 0.3) is 0 Å². The first-order valence-corrected chi connectivity index (χ1v) is 3.98. The molecule has 0 fully saturated rings. The van der Waals surface area contributed by atoms with Crippen molar-refractivity contribution in [2.75, 3.05) is 27.2 Å². The number of hydrogen-bond donors (Lipinski definition) is 2. The summed E-state index contributed by atoms with van der Waals surface area (Å²) in [4.78, 5) is 10.7. The zero-order valence-corrected chi connectivity index (χ0v) is 8.23. The van der Waals surface area contributed by atoms with Crippen molar-refractivity contribution in [3.05, 3.63) is 0 Å². The maximum Gasteiger partial charge on any atom is 0.406 e. The minimum absolute atomic E-state index is 0.0585. The quantitative estimate of drug-likeness (QED) is 0.655. The molecule has 0 aromatic rings. The minimum atomic E-state index is -0.376. The standard InChI is InChI=1S/C8H18N2O2/c1-8(2,5-9-3)6-10-7(11)12-4/h9H,5-6H2,1-4H3,(H,10,11). The second-order valence-corrected chi connectivity index (χ2v) is 3.54. The lowest BCUT2D eigenvalue weighted by molar-refractivity contribution is 0.165. The molecule has 2 N–H and O–H groups in total. The fourth-order valence-electron chi connectivity index (χ4n) is 0.925. The molecule has 0 rings (SSSR count). The fourth-order valence-corrected chi connectivity index (χ4v) is 0.925. The Bertz CT molecular complexity index is 146. The normalized spacial score (nSPS) is 11.0. The third-order valence-corrected chi connectivity index (χ3v) is 1.55. The number of alkyl carbamates (subject to hydrolysis) is 1. The van der Waals surface area contributed by atoms with Crippen LogP contribution in [0.2, 0.25) is 0 Å². The molecule has 0 aromatic heterocycles. The summed E-state index contributed by atoms with van der Waals surface area (Å²) in [5, 5.41) is 5.71. The number of carbonyl (C=O) groups excluding carboxylic acids is 1. The molecule has 0 unspecified atom stereocenters. The van der Waals surface area contributed by atoms with Gasteiger partial charge in [0.05, 0.1) is 7.11 Å². The molecule has 4 nitrogen and oxygen atoms in total. The van der Waals surface area contributed by atoms with Gasteiger partial charge in [0.15, 0.2) is 0 Å². The van der Waals surface area contributed by atoms with Crippen molar-refractivity contribution in [2.45, 2.75) is 13.8 Å². The predicted molar refractivity (Wildman–Crippen MR) is 48.1 cm³/mol. The van der Waals surface area contributed by atoms with Gasteiger partial charge in [0.2, 0.25) is 0 Å². The molecular formula is C8H18N2O2. The van der Waals surface area contributed by atoms with Crippen LogP contribution < -0.4 is 10.6 Å². The van der Waals surface area contributed by atoms with Crippen molar-refractivity contribution >= 4 is 6.09 Å². The number of hydrogen-bond acceptors (Lipinski definition) is 3. The Labute approximate surface area is 73.7 Å². The smallest absolute Gasteiger partial charge is 0.406 e. The van der Waals surface area contributed by atoms with Gasteiger partial charge in [0.25, 0.3) is 0 Å². The molecule has 0 aliphatic carbocycles. The maximum atomic E-state index is 10.7. The van der Waals surface area contributed by atoms with E-state index in [-0.39, 0.29) is 11.5 Å². The maximum absolute atomic E-state index is 10.7. The van der Waals surface area contributed by atoms with Crippen LogP contribution in [0.5, 0.6) is 0 Å². The Morgan fingerprint density at radius 3 is 2.42 bits per heavy atom. The molecule has 0 aliphatic rings. The first-order valence-electron chi connectivity index (χ1n) is 3.98. The summed E-state index contributed by atoms with van der Waals surface area (Å²) in [6, 6.07) is 0. The van der Waals surface area contributed by atoms with Crippen molar-refractivity contribution in [2.24, 2.45) is 5.41 Å². The molecule has 0 radical (unpaired) electrons. The van der Waals surface area contributed by atoms with Crippen molar-refractivity contribution in [1.82, 2.24) is 10.6 Å². The van der Waals surface area contributed by atoms with Gasteiger partial charge in [0, 0.05) is 13.1 Å². The lowest BCUT2D eigenvalue weighted by atomic mass is 9.94. The first-order chi connectivity index (χ1) is 5.52. The summed E-state index contributed by atoms with van der Waals surface area (Å²) >= 11 is 0. The van der Waals surface area contributed by atoms with E-state index in [1.165, 1.54) is 7.11 Å². The Hall–Kier alpha value is -0.770. The number of methoxy groups -OCH3 is 1. The summed E-state index contributed by atoms with van der Waals surface area (Å²) < 4.78 is 4.45. The van der Waals surface area contributed by atoms with E-state index in [1.807, 2.05) is 7.05 Å². The lowest BCUT2D eigenvalue weighted by Crippen LogP contribution is -2.39. The fraction of sp³-hybridized carbons (Fsp3) is 0.875. The van der Waals surface area contributed by atoms with Crippen LogP contribution >= 0.6 is 0 Å². The number of carbonyl (C=O) groups is 1. The molecule has 4 heteroatoms. The Balaban J connectivity index is 3.67. The second-order valence-electron chi connectivity index (χ2n) is 3.54. The van der Waals surface area contributed by atoms with Gasteiger partial charge >= 0.3 is 6.09 Å². The topological polar surface area (TPSA) is 50.4 Å². The highest BCUT2D eigenvalue weighted by atomic mass is 16.5. The summed E-state index contributed by atoms with van der Waals surface area (Å²) in [5.74, 6) is 0. The number of ether oxygens (including phenoxy) is 1. The van der Waals surface area contributed by atoms with Crippen molar-refractivity contribution in [3.63, 3.8) is 0 Å². The van der Waals surface area contributed by atoms with E-state index in [0.717, 1.165) is 6.54 Å². The van der Waals surface area contributed by atoms with Gasteiger partial charge in [-0.25, -0.2) is 4.79 Å². The summed E-state index contributed by atoms with van der Waals surface area (Å²) in [5.41, 5.74) is 0.0585. The molecule has 0 atom stereocenters. The molecule has 72 valence electrons.